The Balaban J connectivity index is 2.50. The van der Waals surface area contributed by atoms with Crippen LogP contribution in [0.15, 0.2) is 0 Å². The number of hydrogen-bond acceptors (Lipinski definition) is 2. The average Bonchev–Trinajstić information content (AvgIpc) is 2.07. The van der Waals surface area contributed by atoms with Crippen molar-refractivity contribution in [3.8, 4) is 0 Å². The van der Waals surface area contributed by atoms with Crippen LogP contribution >= 0.6 is 0 Å². The highest BCUT2D eigenvalue weighted by Gasteiger charge is 2.34. The van der Waals surface area contributed by atoms with Crippen molar-refractivity contribution in [2.24, 2.45) is 17.3 Å². The molecule has 0 bridgehead atoms. The summed E-state index contributed by atoms with van der Waals surface area (Å²) < 4.78 is 0. The maximum Gasteiger partial charge on any atom is 0.120 e. The lowest BCUT2D eigenvalue weighted by Crippen LogP contribution is -2.35. The van der Waals surface area contributed by atoms with Crippen LogP contribution in [0, 0.1) is 17.3 Å². The molecule has 0 aliphatic heterocycles. The molecule has 1 aliphatic carbocycles. The molecule has 0 aromatic heterocycles. The lowest BCUT2D eigenvalue weighted by atomic mass is 9.68. The first-order valence-corrected chi connectivity index (χ1v) is 5.57. The molecule has 2 heteroatoms. The smallest absolute Gasteiger partial charge is 0.120 e. The molecule has 0 radical (unpaired) electrons. The normalized spacial score (nSPS) is 34.1. The molecule has 82 valence electrons. The van der Waals surface area contributed by atoms with E-state index in [-0.39, 0.29) is 17.4 Å². The zero-order chi connectivity index (χ0) is 10.8. The van der Waals surface area contributed by atoms with Gasteiger partial charge in [-0.1, -0.05) is 20.8 Å². The van der Waals surface area contributed by atoms with Gasteiger partial charge < -0.3 is 9.90 Å². The Hall–Kier alpha value is -0.370. The van der Waals surface area contributed by atoms with Crippen molar-refractivity contribution in [2.75, 3.05) is 0 Å². The van der Waals surface area contributed by atoms with Gasteiger partial charge in [-0.05, 0) is 36.5 Å². The van der Waals surface area contributed by atoms with E-state index in [9.17, 15) is 9.90 Å². The Bertz CT molecular complexity index is 193. The van der Waals surface area contributed by atoms with E-state index < -0.39 is 0 Å². The summed E-state index contributed by atoms with van der Waals surface area (Å²) >= 11 is 0. The molecule has 0 aromatic carbocycles. The van der Waals surface area contributed by atoms with Crippen molar-refractivity contribution in [2.45, 2.75) is 52.6 Å². The van der Waals surface area contributed by atoms with Crippen LogP contribution in [0.3, 0.4) is 0 Å². The highest BCUT2D eigenvalue weighted by molar-refractivity contribution is 5.49. The van der Waals surface area contributed by atoms with Gasteiger partial charge in [0.15, 0.2) is 0 Å². The second-order valence-electron chi connectivity index (χ2n) is 5.61. The van der Waals surface area contributed by atoms with Crippen LogP contribution in [0.25, 0.3) is 0 Å². The van der Waals surface area contributed by atoms with Crippen LogP contribution in [0.5, 0.6) is 0 Å². The van der Waals surface area contributed by atoms with Crippen LogP contribution in [0.4, 0.5) is 0 Å². The van der Waals surface area contributed by atoms with Gasteiger partial charge in [-0.15, -0.1) is 0 Å². The summed E-state index contributed by atoms with van der Waals surface area (Å²) in [6.45, 7) is 6.68. The third-order valence-electron chi connectivity index (χ3n) is 3.58. The van der Waals surface area contributed by atoms with Crippen molar-refractivity contribution in [3.05, 3.63) is 0 Å². The molecule has 1 saturated carbocycles. The molecule has 14 heavy (non-hydrogen) atoms. The predicted molar refractivity (Wildman–Crippen MR) is 57.0 cm³/mol. The highest BCUT2D eigenvalue weighted by Crippen LogP contribution is 2.40. The van der Waals surface area contributed by atoms with E-state index in [1.807, 2.05) is 0 Å². The number of hydrogen-bond donors (Lipinski definition) is 1. The quantitative estimate of drug-likeness (QED) is 0.692. The fourth-order valence-electron chi connectivity index (χ4n) is 2.39. The number of carbonyl (C=O) groups is 1. The minimum absolute atomic E-state index is 0.214. The van der Waals surface area contributed by atoms with Gasteiger partial charge in [0.2, 0.25) is 0 Å². The Labute approximate surface area is 86.7 Å². The van der Waals surface area contributed by atoms with E-state index in [1.54, 1.807) is 0 Å². The molecular formula is C12H22O2. The van der Waals surface area contributed by atoms with Gasteiger partial charge >= 0.3 is 0 Å². The van der Waals surface area contributed by atoms with E-state index in [0.717, 1.165) is 25.5 Å². The molecule has 0 amide bonds. The monoisotopic (exact) mass is 198 g/mol. The Kier molecular flexibility index (Phi) is 3.71. The molecule has 3 atom stereocenters. The van der Waals surface area contributed by atoms with E-state index in [2.05, 4.69) is 20.8 Å². The summed E-state index contributed by atoms with van der Waals surface area (Å²) in [5.74, 6) is 0.812. The first-order chi connectivity index (χ1) is 6.45. The van der Waals surface area contributed by atoms with Crippen LogP contribution in [-0.4, -0.2) is 17.5 Å². The molecule has 1 aliphatic rings. The lowest BCUT2D eigenvalue weighted by molar-refractivity contribution is -0.110. The van der Waals surface area contributed by atoms with Crippen molar-refractivity contribution >= 4 is 6.29 Å². The Morgan fingerprint density at radius 3 is 2.43 bits per heavy atom. The molecular weight excluding hydrogens is 176 g/mol. The van der Waals surface area contributed by atoms with Crippen molar-refractivity contribution < 1.29 is 9.90 Å². The van der Waals surface area contributed by atoms with Crippen molar-refractivity contribution in [1.82, 2.24) is 0 Å². The second kappa shape index (κ2) is 4.43. The first-order valence-electron chi connectivity index (χ1n) is 5.57. The van der Waals surface area contributed by atoms with Crippen LogP contribution < -0.4 is 0 Å². The molecule has 0 spiro atoms. The third-order valence-corrected chi connectivity index (χ3v) is 3.58. The number of aliphatic hydroxyl groups excluding tert-OH is 1. The molecule has 0 unspecified atom stereocenters. The Morgan fingerprint density at radius 1 is 1.36 bits per heavy atom. The second-order valence-corrected chi connectivity index (χ2v) is 5.61. The number of aldehydes is 1. The first kappa shape index (κ1) is 11.7. The van der Waals surface area contributed by atoms with Gasteiger partial charge in [0, 0.05) is 6.42 Å². The molecule has 0 saturated heterocycles. The fourth-order valence-corrected chi connectivity index (χ4v) is 2.39. The summed E-state index contributed by atoms with van der Waals surface area (Å²) in [6.07, 6.45) is 4.21. The maximum atomic E-state index is 10.4. The SMILES string of the molecule is CC(C)(C)[C@H]1CC[C@@H](CC=O)[C@@H](O)C1. The topological polar surface area (TPSA) is 37.3 Å². The zero-order valence-corrected chi connectivity index (χ0v) is 9.49. The molecule has 1 rings (SSSR count). The van der Waals surface area contributed by atoms with E-state index >= 15 is 0 Å². The van der Waals surface area contributed by atoms with Crippen LogP contribution in [0.2, 0.25) is 0 Å². The van der Waals surface area contributed by atoms with Gasteiger partial charge in [0.25, 0.3) is 0 Å². The van der Waals surface area contributed by atoms with Gasteiger partial charge in [0.05, 0.1) is 6.10 Å². The van der Waals surface area contributed by atoms with E-state index in [4.69, 9.17) is 0 Å². The molecule has 0 heterocycles. The summed E-state index contributed by atoms with van der Waals surface area (Å²) in [4.78, 5) is 10.4. The average molecular weight is 198 g/mol. The number of aliphatic hydroxyl groups is 1. The van der Waals surface area contributed by atoms with Gasteiger partial charge in [0.1, 0.15) is 6.29 Å². The summed E-state index contributed by atoms with van der Waals surface area (Å²) in [5, 5.41) is 9.87. The molecule has 1 fully saturated rings. The van der Waals surface area contributed by atoms with E-state index in [0.29, 0.717) is 12.3 Å². The maximum absolute atomic E-state index is 10.4. The predicted octanol–water partition coefficient (Wildman–Crippen LogP) is 2.40. The molecule has 1 N–H and O–H groups in total. The van der Waals surface area contributed by atoms with Gasteiger partial charge in [-0.2, -0.15) is 0 Å². The van der Waals surface area contributed by atoms with Crippen molar-refractivity contribution in [3.63, 3.8) is 0 Å². The largest absolute Gasteiger partial charge is 0.393 e. The standard InChI is InChI=1S/C12H22O2/c1-12(2,3)10-5-4-9(6-7-13)11(14)8-10/h7,9-11,14H,4-6,8H2,1-3H3/t9-,10-,11-/m0/s1. The highest BCUT2D eigenvalue weighted by atomic mass is 16.3. The molecule has 0 aromatic rings. The minimum atomic E-state index is -0.266. The molecule has 2 nitrogen and oxygen atoms in total. The fraction of sp³-hybridized carbons (Fsp3) is 0.917. The lowest BCUT2D eigenvalue weighted by Gasteiger charge is -2.39. The number of rotatable bonds is 2. The third kappa shape index (κ3) is 2.81. The zero-order valence-electron chi connectivity index (χ0n) is 9.49. The van der Waals surface area contributed by atoms with Crippen molar-refractivity contribution in [1.29, 1.82) is 0 Å². The number of carbonyl (C=O) groups excluding carboxylic acids is 1. The summed E-state index contributed by atoms with van der Waals surface area (Å²) in [7, 11) is 0. The summed E-state index contributed by atoms with van der Waals surface area (Å²) in [5.41, 5.74) is 0.285. The van der Waals surface area contributed by atoms with Crippen LogP contribution in [0.1, 0.15) is 46.5 Å². The van der Waals surface area contributed by atoms with Gasteiger partial charge in [-0.25, -0.2) is 0 Å². The Morgan fingerprint density at radius 2 is 2.00 bits per heavy atom. The van der Waals surface area contributed by atoms with E-state index in [1.165, 1.54) is 0 Å². The minimum Gasteiger partial charge on any atom is -0.393 e. The summed E-state index contributed by atoms with van der Waals surface area (Å²) in [6, 6.07) is 0. The van der Waals surface area contributed by atoms with Gasteiger partial charge in [-0.3, -0.25) is 0 Å². The van der Waals surface area contributed by atoms with Crippen LogP contribution in [-0.2, 0) is 4.79 Å².